The first-order valence-electron chi connectivity index (χ1n) is 5.16. The molecule has 5 nitrogen and oxygen atoms in total. The van der Waals surface area contributed by atoms with Crippen LogP contribution in [0.2, 0.25) is 0 Å². The Morgan fingerprint density at radius 2 is 2.22 bits per heavy atom. The van der Waals surface area contributed by atoms with Crippen molar-refractivity contribution in [2.45, 2.75) is 19.2 Å². The van der Waals surface area contributed by atoms with Crippen molar-refractivity contribution in [3.8, 4) is 0 Å². The van der Waals surface area contributed by atoms with E-state index in [9.17, 15) is 19.3 Å². The highest BCUT2D eigenvalue weighted by molar-refractivity contribution is 6.17. The highest BCUT2D eigenvalue weighted by Gasteiger charge is 2.23. The van der Waals surface area contributed by atoms with Crippen molar-refractivity contribution in [3.05, 3.63) is 39.2 Å². The van der Waals surface area contributed by atoms with E-state index in [1.807, 2.05) is 0 Å². The maximum absolute atomic E-state index is 13.5. The van der Waals surface area contributed by atoms with Crippen LogP contribution >= 0.6 is 11.6 Å². The summed E-state index contributed by atoms with van der Waals surface area (Å²) in [4.78, 5) is 21.2. The summed E-state index contributed by atoms with van der Waals surface area (Å²) >= 11 is 5.55. The van der Waals surface area contributed by atoms with Crippen LogP contribution in [-0.2, 0) is 21.8 Å². The monoisotopic (exact) mass is 275 g/mol. The number of carbonyl (C=O) groups excluding carboxylic acids is 1. The van der Waals surface area contributed by atoms with Crippen LogP contribution in [0, 0.1) is 15.9 Å². The fourth-order valence-corrected chi connectivity index (χ4v) is 1.66. The van der Waals surface area contributed by atoms with Crippen molar-refractivity contribution >= 4 is 23.3 Å². The zero-order valence-corrected chi connectivity index (χ0v) is 10.4. The van der Waals surface area contributed by atoms with Crippen LogP contribution in [0.4, 0.5) is 10.1 Å². The number of carbonyl (C=O) groups is 1. The van der Waals surface area contributed by atoms with E-state index in [0.717, 1.165) is 6.07 Å². The highest BCUT2D eigenvalue weighted by atomic mass is 35.5. The quantitative estimate of drug-likeness (QED) is 0.358. The lowest BCUT2D eigenvalue weighted by Gasteiger charge is -2.06. The average Bonchev–Trinajstić information content (AvgIpc) is 2.27. The molecule has 1 rings (SSSR count). The zero-order valence-electron chi connectivity index (χ0n) is 9.61. The average molecular weight is 276 g/mol. The second-order valence-electron chi connectivity index (χ2n) is 3.46. The molecule has 0 saturated carbocycles. The van der Waals surface area contributed by atoms with Crippen molar-refractivity contribution < 1.29 is 18.8 Å². The molecule has 0 atom stereocenters. The van der Waals surface area contributed by atoms with Crippen LogP contribution < -0.4 is 0 Å². The zero-order chi connectivity index (χ0) is 13.7. The molecule has 18 heavy (non-hydrogen) atoms. The molecule has 0 fully saturated rings. The van der Waals surface area contributed by atoms with E-state index >= 15 is 0 Å². The first kappa shape index (κ1) is 14.4. The van der Waals surface area contributed by atoms with Gasteiger partial charge in [-0.15, -0.1) is 11.6 Å². The topological polar surface area (TPSA) is 69.4 Å². The Kier molecular flexibility index (Phi) is 5.03. The van der Waals surface area contributed by atoms with E-state index < -0.39 is 22.4 Å². The fourth-order valence-electron chi connectivity index (χ4n) is 1.50. The maximum atomic E-state index is 13.5. The third-order valence-electron chi connectivity index (χ3n) is 2.18. The van der Waals surface area contributed by atoms with Crippen molar-refractivity contribution in [2.75, 3.05) is 6.61 Å². The van der Waals surface area contributed by atoms with Gasteiger partial charge in [-0.1, -0.05) is 0 Å². The van der Waals surface area contributed by atoms with Gasteiger partial charge in [0.05, 0.1) is 18.0 Å². The lowest BCUT2D eigenvalue weighted by Crippen LogP contribution is -2.10. The second kappa shape index (κ2) is 6.30. The summed E-state index contributed by atoms with van der Waals surface area (Å²) in [6, 6.07) is 2.32. The molecule has 1 aromatic carbocycles. The molecule has 0 aromatic heterocycles. The van der Waals surface area contributed by atoms with Crippen molar-refractivity contribution in [1.29, 1.82) is 0 Å². The van der Waals surface area contributed by atoms with Gasteiger partial charge in [0, 0.05) is 11.4 Å². The summed E-state index contributed by atoms with van der Waals surface area (Å²) < 4.78 is 18.2. The largest absolute Gasteiger partial charge is 0.466 e. The first-order valence-corrected chi connectivity index (χ1v) is 5.70. The molecule has 98 valence electrons. The number of rotatable bonds is 5. The lowest BCUT2D eigenvalue weighted by molar-refractivity contribution is -0.388. The van der Waals surface area contributed by atoms with Crippen LogP contribution in [0.3, 0.4) is 0 Å². The minimum absolute atomic E-state index is 0.00470. The minimum atomic E-state index is -1.00. The summed E-state index contributed by atoms with van der Waals surface area (Å²) in [6.07, 6.45) is -0.355. The van der Waals surface area contributed by atoms with Crippen molar-refractivity contribution in [1.82, 2.24) is 0 Å². The van der Waals surface area contributed by atoms with Gasteiger partial charge in [-0.3, -0.25) is 14.9 Å². The number of ether oxygens (including phenoxy) is 1. The Morgan fingerprint density at radius 1 is 1.56 bits per heavy atom. The number of benzene rings is 1. The molecule has 0 spiro atoms. The normalized spacial score (nSPS) is 10.2. The van der Waals surface area contributed by atoms with Crippen LogP contribution in [0.5, 0.6) is 0 Å². The second-order valence-corrected chi connectivity index (χ2v) is 3.73. The van der Waals surface area contributed by atoms with Crippen molar-refractivity contribution in [2.24, 2.45) is 0 Å². The van der Waals surface area contributed by atoms with Gasteiger partial charge < -0.3 is 4.74 Å². The first-order chi connectivity index (χ1) is 8.49. The van der Waals surface area contributed by atoms with Crippen molar-refractivity contribution in [3.63, 3.8) is 0 Å². The van der Waals surface area contributed by atoms with Gasteiger partial charge in [0.2, 0.25) is 5.82 Å². The van der Waals surface area contributed by atoms with Gasteiger partial charge in [-0.25, -0.2) is 0 Å². The number of nitro groups is 1. The Morgan fingerprint density at radius 3 is 2.72 bits per heavy atom. The SMILES string of the molecule is CCOC(=O)Cc1cc(CCl)cc(F)c1[N+](=O)[O-]. The van der Waals surface area contributed by atoms with E-state index in [1.54, 1.807) is 6.92 Å². The highest BCUT2D eigenvalue weighted by Crippen LogP contribution is 2.26. The Labute approximate surface area is 108 Å². The summed E-state index contributed by atoms with van der Waals surface area (Å²) in [5.74, 6) is -1.64. The van der Waals surface area contributed by atoms with Crippen LogP contribution in [0.25, 0.3) is 0 Å². The van der Waals surface area contributed by atoms with Crippen LogP contribution in [0.15, 0.2) is 12.1 Å². The molecular formula is C11H11ClFNO4. The number of hydrogen-bond donors (Lipinski definition) is 0. The number of alkyl halides is 1. The maximum Gasteiger partial charge on any atom is 0.310 e. The molecule has 0 heterocycles. The number of esters is 1. The van der Waals surface area contributed by atoms with Crippen LogP contribution in [0.1, 0.15) is 18.1 Å². The van der Waals surface area contributed by atoms with E-state index in [2.05, 4.69) is 4.74 Å². The molecule has 7 heteroatoms. The Bertz CT molecular complexity index is 478. The summed E-state index contributed by atoms with van der Waals surface area (Å²) in [7, 11) is 0. The lowest BCUT2D eigenvalue weighted by atomic mass is 10.1. The smallest absolute Gasteiger partial charge is 0.310 e. The number of nitrogens with zero attached hydrogens (tertiary/aromatic N) is 1. The predicted octanol–water partition coefficient (Wildman–Crippen LogP) is 2.58. The van der Waals surface area contributed by atoms with E-state index in [-0.39, 0.29) is 24.5 Å². The van der Waals surface area contributed by atoms with Gasteiger partial charge in [0.15, 0.2) is 0 Å². The van der Waals surface area contributed by atoms with Gasteiger partial charge in [0.25, 0.3) is 0 Å². The molecule has 0 unspecified atom stereocenters. The number of nitro benzene ring substituents is 1. The number of halogens is 2. The third-order valence-corrected chi connectivity index (χ3v) is 2.49. The Hall–Kier alpha value is -1.69. The molecule has 0 radical (unpaired) electrons. The number of hydrogen-bond acceptors (Lipinski definition) is 4. The van der Waals surface area contributed by atoms with E-state index in [1.165, 1.54) is 6.07 Å². The van der Waals surface area contributed by atoms with Crippen LogP contribution in [-0.4, -0.2) is 17.5 Å². The summed E-state index contributed by atoms with van der Waals surface area (Å²) in [5.41, 5.74) is -0.370. The minimum Gasteiger partial charge on any atom is -0.466 e. The molecule has 0 N–H and O–H groups in total. The van der Waals surface area contributed by atoms with E-state index in [0.29, 0.717) is 5.56 Å². The van der Waals surface area contributed by atoms with E-state index in [4.69, 9.17) is 11.6 Å². The summed E-state index contributed by atoms with van der Waals surface area (Å²) in [5, 5.41) is 10.8. The van der Waals surface area contributed by atoms with Gasteiger partial charge in [-0.2, -0.15) is 4.39 Å². The Balaban J connectivity index is 3.17. The standard InChI is InChI=1S/C11H11ClFNO4/c1-2-18-10(15)5-8-3-7(6-12)4-9(13)11(8)14(16)17/h3-4H,2,5-6H2,1H3. The molecular weight excluding hydrogens is 265 g/mol. The molecule has 1 aromatic rings. The molecule has 0 amide bonds. The van der Waals surface area contributed by atoms with Gasteiger partial charge >= 0.3 is 11.7 Å². The third kappa shape index (κ3) is 3.40. The molecule has 0 aliphatic rings. The van der Waals surface area contributed by atoms with Gasteiger partial charge in [0.1, 0.15) is 0 Å². The van der Waals surface area contributed by atoms with Gasteiger partial charge in [-0.05, 0) is 24.6 Å². The molecule has 0 bridgehead atoms. The molecule has 0 aliphatic heterocycles. The summed E-state index contributed by atoms with van der Waals surface area (Å²) in [6.45, 7) is 1.77. The fraction of sp³-hybridized carbons (Fsp3) is 0.364. The molecule has 0 saturated heterocycles. The predicted molar refractivity (Wildman–Crippen MR) is 62.9 cm³/mol. The molecule has 0 aliphatic carbocycles.